The molecule has 0 radical (unpaired) electrons. The van der Waals surface area contributed by atoms with E-state index in [9.17, 15) is 14.7 Å². The molecule has 3 atom stereocenters. The van der Waals surface area contributed by atoms with Crippen LogP contribution in [0.2, 0.25) is 0 Å². The number of amides is 2. The zero-order valence-corrected chi connectivity index (χ0v) is 22.7. The van der Waals surface area contributed by atoms with E-state index in [1.165, 1.54) is 0 Å². The van der Waals surface area contributed by atoms with Crippen molar-refractivity contribution in [2.75, 3.05) is 25.0 Å². The second-order valence-electron chi connectivity index (χ2n) is 12.2. The third kappa shape index (κ3) is 5.86. The number of hydrogen-bond donors (Lipinski definition) is 3. The van der Waals surface area contributed by atoms with Gasteiger partial charge >= 0.3 is 6.09 Å². The minimum atomic E-state index is -1.46. The number of anilines is 1. The molecule has 2 aromatic rings. The van der Waals surface area contributed by atoms with Gasteiger partial charge in [0, 0.05) is 32.1 Å². The Morgan fingerprint density at radius 2 is 1.71 bits per heavy atom. The molecule has 2 amide bonds. The number of aliphatic hydroxyl groups is 1. The number of piperidine rings is 1. The monoisotopic (exact) mass is 520 g/mol. The fraction of sp³-hybridized carbons (Fsp3) is 0.567. The van der Waals surface area contributed by atoms with Crippen molar-refractivity contribution < 1.29 is 19.4 Å². The first-order valence-electron chi connectivity index (χ1n) is 13.9. The van der Waals surface area contributed by atoms with Crippen molar-refractivity contribution >= 4 is 17.8 Å². The highest BCUT2D eigenvalue weighted by molar-refractivity contribution is 5.87. The van der Waals surface area contributed by atoms with Crippen LogP contribution in [0.1, 0.15) is 57.7 Å². The van der Waals surface area contributed by atoms with Crippen LogP contribution in [0.25, 0.3) is 0 Å². The molecule has 1 aromatic heterocycles. The normalized spacial score (nSPS) is 24.9. The number of carbonyl (C=O) groups excluding carboxylic acids is 2. The Balaban J connectivity index is 1.11. The average Bonchev–Trinajstić information content (AvgIpc) is 3.25. The molecule has 8 heteroatoms. The van der Waals surface area contributed by atoms with E-state index in [1.807, 2.05) is 63.2 Å². The molecule has 3 fully saturated rings. The Labute approximate surface area is 225 Å². The highest BCUT2D eigenvalue weighted by atomic mass is 16.6. The highest BCUT2D eigenvalue weighted by Gasteiger charge is 2.56. The fourth-order valence-electron chi connectivity index (χ4n) is 6.38. The molecule has 1 aliphatic heterocycles. The molecule has 3 unspecified atom stereocenters. The number of aromatic nitrogens is 1. The first kappa shape index (κ1) is 26.6. The van der Waals surface area contributed by atoms with Gasteiger partial charge in [0.1, 0.15) is 11.4 Å². The third-order valence-electron chi connectivity index (χ3n) is 8.27. The van der Waals surface area contributed by atoms with E-state index in [0.29, 0.717) is 42.2 Å². The van der Waals surface area contributed by atoms with Gasteiger partial charge in [-0.2, -0.15) is 0 Å². The molecule has 1 saturated heterocycles. The molecule has 5 rings (SSSR count). The zero-order chi connectivity index (χ0) is 26.9. The van der Waals surface area contributed by atoms with Crippen LogP contribution in [-0.2, 0) is 21.7 Å². The van der Waals surface area contributed by atoms with Gasteiger partial charge in [0.05, 0.1) is 5.69 Å². The minimum Gasteiger partial charge on any atom is -0.444 e. The lowest BCUT2D eigenvalue weighted by atomic mass is 9.79. The maximum atomic E-state index is 13.4. The molecule has 0 spiro atoms. The van der Waals surface area contributed by atoms with E-state index in [0.717, 1.165) is 44.5 Å². The van der Waals surface area contributed by atoms with Gasteiger partial charge in [0.15, 0.2) is 5.60 Å². The van der Waals surface area contributed by atoms with E-state index in [2.05, 4.69) is 20.5 Å². The first-order valence-corrected chi connectivity index (χ1v) is 13.9. The summed E-state index contributed by atoms with van der Waals surface area (Å²) in [6, 6.07) is 15.0. The first-order chi connectivity index (χ1) is 18.1. The van der Waals surface area contributed by atoms with Crippen LogP contribution in [0.15, 0.2) is 48.5 Å². The summed E-state index contributed by atoms with van der Waals surface area (Å²) in [5.74, 6) is 1.74. The van der Waals surface area contributed by atoms with E-state index in [-0.39, 0.29) is 11.8 Å². The minimum absolute atomic E-state index is 0.0350. The lowest BCUT2D eigenvalue weighted by Crippen LogP contribution is -2.49. The van der Waals surface area contributed by atoms with E-state index in [1.54, 1.807) is 6.07 Å². The van der Waals surface area contributed by atoms with Crippen molar-refractivity contribution in [1.82, 2.24) is 15.2 Å². The molecule has 2 saturated carbocycles. The summed E-state index contributed by atoms with van der Waals surface area (Å²) in [5.41, 5.74) is -0.431. The molecule has 2 aliphatic carbocycles. The van der Waals surface area contributed by atoms with Gasteiger partial charge in [-0.25, -0.2) is 9.78 Å². The number of nitrogens with one attached hydrogen (secondary N) is 2. The van der Waals surface area contributed by atoms with Crippen LogP contribution in [0.5, 0.6) is 0 Å². The van der Waals surface area contributed by atoms with Crippen LogP contribution in [-0.4, -0.2) is 52.2 Å². The van der Waals surface area contributed by atoms with Crippen molar-refractivity contribution in [3.63, 3.8) is 0 Å². The summed E-state index contributed by atoms with van der Waals surface area (Å²) in [7, 11) is 0. The van der Waals surface area contributed by atoms with Crippen LogP contribution in [0, 0.1) is 23.7 Å². The summed E-state index contributed by atoms with van der Waals surface area (Å²) < 4.78 is 5.32. The van der Waals surface area contributed by atoms with Gasteiger partial charge in [0.2, 0.25) is 0 Å². The molecule has 8 nitrogen and oxygen atoms in total. The third-order valence-corrected chi connectivity index (χ3v) is 8.27. The van der Waals surface area contributed by atoms with Crippen LogP contribution < -0.4 is 10.6 Å². The maximum absolute atomic E-state index is 13.4. The predicted molar refractivity (Wildman–Crippen MR) is 145 cm³/mol. The largest absolute Gasteiger partial charge is 0.444 e. The predicted octanol–water partition coefficient (Wildman–Crippen LogP) is 4.30. The standard InChI is InChI=1S/C30H40N4O4/c1-29(2,3)38-28(36)33-26-15-9-14-22(32-26)17-34-18-24-23(25(24)19-34)16-31-27(35)30(37,21-12-7-8-13-21)20-10-5-4-6-11-20/h4-6,9-11,14-15,21,23-25,37H,7-8,12-13,16-19H2,1-3H3,(H,31,35)(H,32,33,36). The van der Waals surface area contributed by atoms with Gasteiger partial charge in [-0.1, -0.05) is 49.2 Å². The number of hydrogen-bond acceptors (Lipinski definition) is 6. The Bertz CT molecular complexity index is 1130. The summed E-state index contributed by atoms with van der Waals surface area (Å²) in [6.45, 7) is 8.72. The van der Waals surface area contributed by atoms with Crippen molar-refractivity contribution in [3.05, 3.63) is 59.8 Å². The van der Waals surface area contributed by atoms with Crippen molar-refractivity contribution in [3.8, 4) is 0 Å². The number of rotatable bonds is 8. The quantitative estimate of drug-likeness (QED) is 0.480. The Morgan fingerprint density at radius 3 is 2.37 bits per heavy atom. The maximum Gasteiger partial charge on any atom is 0.413 e. The van der Waals surface area contributed by atoms with Crippen LogP contribution in [0.4, 0.5) is 10.6 Å². The number of nitrogens with zero attached hydrogens (tertiary/aromatic N) is 2. The van der Waals surface area contributed by atoms with Crippen molar-refractivity contribution in [2.24, 2.45) is 23.7 Å². The lowest BCUT2D eigenvalue weighted by molar-refractivity contribution is -0.147. The number of fused-ring (bicyclic) bond motifs is 1. The summed E-state index contributed by atoms with van der Waals surface area (Å²) in [5, 5.41) is 17.5. The Kier molecular flexibility index (Phi) is 7.47. The molecule has 3 aliphatic rings. The number of likely N-dealkylation sites (tertiary alicyclic amines) is 1. The number of benzene rings is 1. The Morgan fingerprint density at radius 1 is 1.03 bits per heavy atom. The van der Waals surface area contributed by atoms with Crippen molar-refractivity contribution in [2.45, 2.75) is 64.2 Å². The molecule has 204 valence electrons. The molecule has 0 bridgehead atoms. The summed E-state index contributed by atoms with van der Waals surface area (Å²) in [4.78, 5) is 32.4. The molecule has 38 heavy (non-hydrogen) atoms. The molecule has 2 heterocycles. The second-order valence-corrected chi connectivity index (χ2v) is 12.2. The SMILES string of the molecule is CC(C)(C)OC(=O)Nc1cccc(CN2CC3C(CNC(=O)C(O)(c4ccccc4)C4CCCC4)C3C2)n1. The number of carbonyl (C=O) groups is 2. The van der Waals surface area contributed by atoms with Gasteiger partial charge in [-0.05, 0) is 69.1 Å². The summed E-state index contributed by atoms with van der Waals surface area (Å²) in [6.07, 6.45) is 3.37. The van der Waals surface area contributed by atoms with E-state index < -0.39 is 17.3 Å². The van der Waals surface area contributed by atoms with Gasteiger partial charge in [-0.3, -0.25) is 15.0 Å². The molecule has 1 aromatic carbocycles. The smallest absolute Gasteiger partial charge is 0.413 e. The Hall–Kier alpha value is -2.97. The van der Waals surface area contributed by atoms with Gasteiger partial charge in [0.25, 0.3) is 5.91 Å². The second kappa shape index (κ2) is 10.7. The number of ether oxygens (including phenoxy) is 1. The van der Waals surface area contributed by atoms with E-state index in [4.69, 9.17) is 4.74 Å². The molecular weight excluding hydrogens is 480 g/mol. The average molecular weight is 521 g/mol. The fourth-order valence-corrected chi connectivity index (χ4v) is 6.38. The summed E-state index contributed by atoms with van der Waals surface area (Å²) >= 11 is 0. The van der Waals surface area contributed by atoms with Crippen molar-refractivity contribution in [1.29, 1.82) is 0 Å². The molecule has 3 N–H and O–H groups in total. The lowest BCUT2D eigenvalue weighted by Gasteiger charge is -2.33. The van der Waals surface area contributed by atoms with Crippen LogP contribution in [0.3, 0.4) is 0 Å². The van der Waals surface area contributed by atoms with Gasteiger partial charge in [-0.15, -0.1) is 0 Å². The highest BCUT2D eigenvalue weighted by Crippen LogP contribution is 2.51. The van der Waals surface area contributed by atoms with Gasteiger partial charge < -0.3 is 15.2 Å². The topological polar surface area (TPSA) is 104 Å². The molecular formula is C30H40N4O4. The number of pyridine rings is 1. The zero-order valence-electron chi connectivity index (χ0n) is 22.7. The van der Waals surface area contributed by atoms with E-state index >= 15 is 0 Å². The van der Waals surface area contributed by atoms with Crippen LogP contribution >= 0.6 is 0 Å².